The van der Waals surface area contributed by atoms with Gasteiger partial charge in [-0.25, -0.2) is 9.78 Å². The fraction of sp³-hybridized carbons (Fsp3) is 0.250. The van der Waals surface area contributed by atoms with Crippen LogP contribution in [0.2, 0.25) is 0 Å². The van der Waals surface area contributed by atoms with Crippen LogP contribution in [-0.2, 0) is 16.0 Å². The Bertz CT molecular complexity index is 1510. The predicted molar refractivity (Wildman–Crippen MR) is 149 cm³/mol. The normalized spacial score (nSPS) is 16.5. The molecule has 0 aliphatic carbocycles. The van der Waals surface area contributed by atoms with Crippen molar-refractivity contribution in [1.82, 2.24) is 14.8 Å². The number of carbonyl (C=O) groups excluding carboxylic acids is 3. The molecule has 3 aromatic carbocycles. The number of piperidine rings is 1. The number of rotatable bonds is 7. The van der Waals surface area contributed by atoms with Crippen molar-refractivity contribution in [1.29, 1.82) is 0 Å². The second-order valence-corrected chi connectivity index (χ2v) is 10.2. The van der Waals surface area contributed by atoms with Gasteiger partial charge in [0, 0.05) is 36.0 Å². The molecule has 0 N–H and O–H groups in total. The number of para-hydroxylation sites is 2. The molecule has 0 atom stereocenters. The molecule has 0 radical (unpaired) electrons. The first-order valence-electron chi connectivity index (χ1n) is 13.4. The van der Waals surface area contributed by atoms with E-state index < -0.39 is 5.97 Å². The van der Waals surface area contributed by atoms with Gasteiger partial charge in [0.1, 0.15) is 5.75 Å². The average molecular weight is 520 g/mol. The van der Waals surface area contributed by atoms with Gasteiger partial charge in [-0.2, -0.15) is 0 Å². The van der Waals surface area contributed by atoms with E-state index >= 15 is 0 Å². The Kier molecular flexibility index (Phi) is 6.90. The Labute approximate surface area is 226 Å². The first-order chi connectivity index (χ1) is 19.0. The van der Waals surface area contributed by atoms with E-state index in [9.17, 15) is 14.4 Å². The highest BCUT2D eigenvalue weighted by atomic mass is 16.5. The molecule has 1 aromatic heterocycles. The maximum absolute atomic E-state index is 13.3. The van der Waals surface area contributed by atoms with Crippen molar-refractivity contribution >= 4 is 39.6 Å². The van der Waals surface area contributed by atoms with Gasteiger partial charge in [-0.3, -0.25) is 14.5 Å². The highest BCUT2D eigenvalue weighted by Gasteiger charge is 2.28. The van der Waals surface area contributed by atoms with E-state index in [-0.39, 0.29) is 11.8 Å². The number of hydrogen-bond donors (Lipinski definition) is 0. The maximum atomic E-state index is 13.3. The molecule has 2 aliphatic heterocycles. The van der Waals surface area contributed by atoms with Crippen molar-refractivity contribution in [3.8, 4) is 5.75 Å². The number of likely N-dealkylation sites (tertiary alicyclic amines) is 1. The van der Waals surface area contributed by atoms with E-state index in [0.29, 0.717) is 23.8 Å². The van der Waals surface area contributed by atoms with Crippen LogP contribution in [0.1, 0.15) is 28.8 Å². The number of nitrogens with zero attached hydrogens (tertiary/aromatic N) is 3. The summed E-state index contributed by atoms with van der Waals surface area (Å²) in [5.41, 5.74) is 3.23. The first kappa shape index (κ1) is 24.9. The predicted octanol–water partition coefficient (Wildman–Crippen LogP) is 4.79. The molecule has 3 heterocycles. The molecular weight excluding hydrogens is 490 g/mol. The van der Waals surface area contributed by atoms with Crippen molar-refractivity contribution < 1.29 is 19.1 Å². The van der Waals surface area contributed by atoms with Gasteiger partial charge >= 0.3 is 5.97 Å². The van der Waals surface area contributed by atoms with Crippen molar-refractivity contribution in [2.45, 2.75) is 19.3 Å². The summed E-state index contributed by atoms with van der Waals surface area (Å²) in [6.07, 6.45) is 5.56. The summed E-state index contributed by atoms with van der Waals surface area (Å²) in [6, 6.07) is 23.0. The summed E-state index contributed by atoms with van der Waals surface area (Å²) < 4.78 is 5.81. The molecule has 4 aromatic rings. The fourth-order valence-electron chi connectivity index (χ4n) is 5.49. The van der Waals surface area contributed by atoms with Gasteiger partial charge in [0.15, 0.2) is 0 Å². The van der Waals surface area contributed by atoms with Gasteiger partial charge in [-0.15, -0.1) is 0 Å². The third-order valence-electron chi connectivity index (χ3n) is 7.69. The number of imide groups is 1. The summed E-state index contributed by atoms with van der Waals surface area (Å²) in [4.78, 5) is 45.4. The third kappa shape index (κ3) is 5.31. The number of amides is 2. The smallest absolute Gasteiger partial charge is 0.344 e. The van der Waals surface area contributed by atoms with Crippen molar-refractivity contribution in [3.05, 3.63) is 96.1 Å². The van der Waals surface area contributed by atoms with Crippen LogP contribution >= 0.6 is 0 Å². The van der Waals surface area contributed by atoms with Crippen LogP contribution < -0.4 is 4.74 Å². The molecule has 1 fully saturated rings. The number of ether oxygens (including phenoxy) is 1. The Hall–Kier alpha value is -4.36. The molecule has 7 heteroatoms. The zero-order valence-electron chi connectivity index (χ0n) is 21.6. The Morgan fingerprint density at radius 1 is 0.821 bits per heavy atom. The molecule has 196 valence electrons. The van der Waals surface area contributed by atoms with Crippen LogP contribution in [0, 0.1) is 5.92 Å². The largest absolute Gasteiger partial charge is 0.423 e. The van der Waals surface area contributed by atoms with Crippen molar-refractivity contribution in [2.75, 3.05) is 26.2 Å². The Morgan fingerprint density at radius 2 is 1.41 bits per heavy atom. The average Bonchev–Trinajstić information content (AvgIpc) is 3.28. The lowest BCUT2D eigenvalue weighted by Crippen LogP contribution is -2.41. The number of carbonyl (C=O) groups is 3. The van der Waals surface area contributed by atoms with E-state index in [2.05, 4.69) is 9.88 Å². The minimum Gasteiger partial charge on any atom is -0.423 e. The second kappa shape index (κ2) is 10.8. The lowest BCUT2D eigenvalue weighted by Gasteiger charge is -2.33. The monoisotopic (exact) mass is 519 g/mol. The number of benzene rings is 3. The highest BCUT2D eigenvalue weighted by molar-refractivity contribution is 6.15. The van der Waals surface area contributed by atoms with E-state index in [1.54, 1.807) is 0 Å². The summed E-state index contributed by atoms with van der Waals surface area (Å²) >= 11 is 0. The standard InChI is InChI=1S/C32H29N3O4/c36-29-13-14-30(37)35(29)21-23-16-19-34(20-17-23)18-15-22-9-11-24(12-10-22)39-32(38)31-25-5-1-3-7-27(25)33-28-8-4-2-6-26(28)31/h1-14,23H,15-21H2. The number of pyridine rings is 1. The SMILES string of the molecule is O=C(Oc1ccc(CCN2CCC(CN3C(=O)C=CC3=O)CC2)cc1)c1c2ccccc2nc2ccccc12. The van der Waals surface area contributed by atoms with Crippen LogP contribution in [0.25, 0.3) is 21.8 Å². The van der Waals surface area contributed by atoms with Crippen LogP contribution in [-0.4, -0.2) is 58.7 Å². The topological polar surface area (TPSA) is 79.8 Å². The molecule has 39 heavy (non-hydrogen) atoms. The number of aromatic nitrogens is 1. The van der Waals surface area contributed by atoms with Crippen molar-refractivity contribution in [2.24, 2.45) is 5.92 Å². The molecule has 0 saturated carbocycles. The highest BCUT2D eigenvalue weighted by Crippen LogP contribution is 2.27. The molecule has 2 amide bonds. The van der Waals surface area contributed by atoms with Gasteiger partial charge in [0.05, 0.1) is 16.6 Å². The van der Waals surface area contributed by atoms with Gasteiger partial charge in [0.25, 0.3) is 11.8 Å². The number of esters is 1. The molecule has 0 unspecified atom stereocenters. The van der Waals surface area contributed by atoms with Crippen LogP contribution in [0.5, 0.6) is 5.75 Å². The van der Waals surface area contributed by atoms with Crippen LogP contribution in [0.3, 0.4) is 0 Å². The Morgan fingerprint density at radius 3 is 2.03 bits per heavy atom. The molecule has 1 saturated heterocycles. The Balaban J connectivity index is 1.05. The lowest BCUT2D eigenvalue weighted by atomic mass is 9.96. The van der Waals surface area contributed by atoms with E-state index in [4.69, 9.17) is 4.74 Å². The molecule has 6 rings (SSSR count). The first-order valence-corrected chi connectivity index (χ1v) is 13.4. The summed E-state index contributed by atoms with van der Waals surface area (Å²) in [6.45, 7) is 3.36. The molecule has 7 nitrogen and oxygen atoms in total. The zero-order valence-corrected chi connectivity index (χ0v) is 21.6. The van der Waals surface area contributed by atoms with E-state index in [0.717, 1.165) is 60.7 Å². The lowest BCUT2D eigenvalue weighted by molar-refractivity contribution is -0.137. The molecule has 2 aliphatic rings. The van der Waals surface area contributed by atoms with Gasteiger partial charge in [-0.05, 0) is 68.1 Å². The zero-order chi connectivity index (χ0) is 26.8. The van der Waals surface area contributed by atoms with Crippen LogP contribution in [0.15, 0.2) is 84.9 Å². The minimum atomic E-state index is -0.395. The maximum Gasteiger partial charge on any atom is 0.344 e. The van der Waals surface area contributed by atoms with Gasteiger partial charge in [0.2, 0.25) is 0 Å². The molecule has 0 bridgehead atoms. The molecular formula is C32H29N3O4. The van der Waals surface area contributed by atoms with E-state index in [1.807, 2.05) is 72.8 Å². The summed E-state index contributed by atoms with van der Waals surface area (Å²) in [5.74, 6) is 0.0827. The second-order valence-electron chi connectivity index (χ2n) is 10.2. The molecule has 0 spiro atoms. The van der Waals surface area contributed by atoms with E-state index in [1.165, 1.54) is 22.6 Å². The summed E-state index contributed by atoms with van der Waals surface area (Å²) in [7, 11) is 0. The summed E-state index contributed by atoms with van der Waals surface area (Å²) in [5, 5.41) is 1.55. The minimum absolute atomic E-state index is 0.195. The van der Waals surface area contributed by atoms with Crippen molar-refractivity contribution in [3.63, 3.8) is 0 Å². The van der Waals surface area contributed by atoms with Gasteiger partial charge < -0.3 is 9.64 Å². The number of fused-ring (bicyclic) bond motifs is 2. The third-order valence-corrected chi connectivity index (χ3v) is 7.69. The fourth-order valence-corrected chi connectivity index (χ4v) is 5.49. The number of hydrogen-bond acceptors (Lipinski definition) is 6. The van der Waals surface area contributed by atoms with Crippen LogP contribution in [0.4, 0.5) is 0 Å². The quantitative estimate of drug-likeness (QED) is 0.151. The van der Waals surface area contributed by atoms with Gasteiger partial charge in [-0.1, -0.05) is 48.5 Å².